The molecule has 12 heavy (non-hydrogen) atoms. The number of aromatic nitrogens is 2. The van der Waals surface area contributed by atoms with E-state index in [9.17, 15) is 0 Å². The molecule has 1 rings (SSSR count). The molecule has 0 saturated heterocycles. The molecule has 0 bridgehead atoms. The molecule has 0 aromatic carbocycles. The lowest BCUT2D eigenvalue weighted by Gasteiger charge is -1.93. The Hall–Kier alpha value is -0.210. The maximum absolute atomic E-state index is 5.97. The zero-order chi connectivity index (χ0) is 8.27. The van der Waals surface area contributed by atoms with Crippen LogP contribution in [0.3, 0.4) is 0 Å². The average Bonchev–Trinajstić information content (AvgIpc) is 2.31. The molecule has 1 aromatic rings. The van der Waals surface area contributed by atoms with E-state index in [-0.39, 0.29) is 12.4 Å². The quantitative estimate of drug-likeness (QED) is 0.551. The van der Waals surface area contributed by atoms with Gasteiger partial charge < -0.3 is 12.4 Å². The van der Waals surface area contributed by atoms with Crippen LogP contribution in [-0.4, -0.2) is 4.57 Å². The highest BCUT2D eigenvalue weighted by Gasteiger charge is 2.09. The molecule has 0 unspecified atom stereocenters. The molecule has 0 saturated carbocycles. The Kier molecular flexibility index (Phi) is 5.34. The van der Waals surface area contributed by atoms with E-state index in [4.69, 9.17) is 11.6 Å². The standard InChI is InChI=1S/C8H14ClN2.ClH/c1-3-4-5-11-7-6-10(2)8(11)9;/h6-7H,3-5H2,1-2H3;1H/q+1;/p-1. The summed E-state index contributed by atoms with van der Waals surface area (Å²) < 4.78 is 3.97. The Morgan fingerprint density at radius 2 is 2.25 bits per heavy atom. The Balaban J connectivity index is 0.00000121. The van der Waals surface area contributed by atoms with Gasteiger partial charge in [-0.3, -0.25) is 0 Å². The molecule has 0 amide bonds. The van der Waals surface area contributed by atoms with E-state index >= 15 is 0 Å². The summed E-state index contributed by atoms with van der Waals surface area (Å²) in [5.74, 6) is 0. The molecule has 0 aliphatic heterocycles. The van der Waals surface area contributed by atoms with E-state index < -0.39 is 0 Å². The molecule has 0 atom stereocenters. The Bertz CT molecular complexity index is 233. The van der Waals surface area contributed by atoms with Crippen LogP contribution in [-0.2, 0) is 13.6 Å². The topological polar surface area (TPSA) is 8.81 Å². The van der Waals surface area contributed by atoms with Crippen LogP contribution in [0.4, 0.5) is 0 Å². The molecule has 1 aromatic heterocycles. The molecule has 4 heteroatoms. The SMILES string of the molecule is CCCCn1cc[n+](C)c1Cl.[Cl-]. The molecule has 70 valence electrons. The van der Waals surface area contributed by atoms with Crippen molar-refractivity contribution in [1.82, 2.24) is 4.57 Å². The Labute approximate surface area is 84.6 Å². The molecule has 0 aliphatic rings. The first kappa shape index (κ1) is 11.8. The normalized spacial score (nSPS) is 9.58. The van der Waals surface area contributed by atoms with Gasteiger partial charge in [-0.25, -0.2) is 9.13 Å². The number of aryl methyl sites for hydroxylation is 2. The molecule has 0 spiro atoms. The predicted octanol–water partition coefficient (Wildman–Crippen LogP) is -1.23. The second-order valence-electron chi connectivity index (χ2n) is 2.73. The van der Waals surface area contributed by atoms with Crippen LogP contribution in [0.1, 0.15) is 19.8 Å². The lowest BCUT2D eigenvalue weighted by atomic mass is 10.3. The van der Waals surface area contributed by atoms with Crippen molar-refractivity contribution in [2.75, 3.05) is 0 Å². The smallest absolute Gasteiger partial charge is 0.354 e. The van der Waals surface area contributed by atoms with Gasteiger partial charge in [0.15, 0.2) is 0 Å². The van der Waals surface area contributed by atoms with Crippen LogP contribution in [0.5, 0.6) is 0 Å². The zero-order valence-electron chi connectivity index (χ0n) is 7.43. The number of rotatable bonds is 3. The fourth-order valence-corrected chi connectivity index (χ4v) is 1.20. The van der Waals surface area contributed by atoms with Gasteiger partial charge >= 0.3 is 5.28 Å². The van der Waals surface area contributed by atoms with E-state index in [2.05, 4.69) is 11.5 Å². The van der Waals surface area contributed by atoms with Gasteiger partial charge in [-0.2, -0.15) is 0 Å². The average molecular weight is 209 g/mol. The third-order valence-corrected chi connectivity index (χ3v) is 2.23. The number of hydrogen-bond donors (Lipinski definition) is 0. The third-order valence-electron chi connectivity index (χ3n) is 1.75. The molecule has 1 heterocycles. The van der Waals surface area contributed by atoms with Gasteiger partial charge in [-0.05, 0) is 6.42 Å². The molecule has 2 nitrogen and oxygen atoms in total. The molecule has 0 aliphatic carbocycles. The minimum atomic E-state index is 0. The number of hydrogen-bond acceptors (Lipinski definition) is 0. The second-order valence-corrected chi connectivity index (χ2v) is 3.06. The van der Waals surface area contributed by atoms with Crippen LogP contribution in [0.25, 0.3) is 0 Å². The second kappa shape index (κ2) is 5.44. The molecule has 0 radical (unpaired) electrons. The van der Waals surface area contributed by atoms with Crippen LogP contribution in [0, 0.1) is 0 Å². The van der Waals surface area contributed by atoms with Crippen molar-refractivity contribution in [3.05, 3.63) is 17.7 Å². The van der Waals surface area contributed by atoms with Gasteiger partial charge in [0.05, 0.1) is 13.6 Å². The number of imidazole rings is 1. The van der Waals surface area contributed by atoms with Crippen molar-refractivity contribution in [3.63, 3.8) is 0 Å². The lowest BCUT2D eigenvalue weighted by molar-refractivity contribution is -0.668. The molecular weight excluding hydrogens is 195 g/mol. The Morgan fingerprint density at radius 3 is 2.67 bits per heavy atom. The predicted molar refractivity (Wildman–Crippen MR) is 45.5 cm³/mol. The van der Waals surface area contributed by atoms with E-state index in [1.807, 2.05) is 24.0 Å². The summed E-state index contributed by atoms with van der Waals surface area (Å²) in [6.45, 7) is 3.20. The molecule has 0 fully saturated rings. The van der Waals surface area contributed by atoms with Crippen LogP contribution in [0.2, 0.25) is 5.28 Å². The van der Waals surface area contributed by atoms with Gasteiger partial charge in [0.1, 0.15) is 12.4 Å². The van der Waals surface area contributed by atoms with E-state index in [1.54, 1.807) is 0 Å². The molecule has 0 N–H and O–H groups in total. The largest absolute Gasteiger partial charge is 1.00 e. The monoisotopic (exact) mass is 208 g/mol. The summed E-state index contributed by atoms with van der Waals surface area (Å²) in [7, 11) is 1.95. The van der Waals surface area contributed by atoms with Crippen LogP contribution < -0.4 is 17.0 Å². The summed E-state index contributed by atoms with van der Waals surface area (Å²) >= 11 is 5.97. The van der Waals surface area contributed by atoms with E-state index in [0.29, 0.717) is 0 Å². The fraction of sp³-hybridized carbons (Fsp3) is 0.625. The first-order valence-electron chi connectivity index (χ1n) is 3.96. The van der Waals surface area contributed by atoms with E-state index in [1.165, 1.54) is 12.8 Å². The van der Waals surface area contributed by atoms with Crippen molar-refractivity contribution in [1.29, 1.82) is 0 Å². The first-order chi connectivity index (χ1) is 5.25. The maximum atomic E-state index is 5.97. The summed E-state index contributed by atoms with van der Waals surface area (Å²) in [5, 5.41) is 0.804. The summed E-state index contributed by atoms with van der Waals surface area (Å²) in [6.07, 6.45) is 6.38. The van der Waals surface area contributed by atoms with Gasteiger partial charge in [0.25, 0.3) is 0 Å². The summed E-state index contributed by atoms with van der Waals surface area (Å²) in [6, 6.07) is 0. The summed E-state index contributed by atoms with van der Waals surface area (Å²) in [4.78, 5) is 0. The van der Waals surface area contributed by atoms with Crippen LogP contribution >= 0.6 is 11.6 Å². The summed E-state index contributed by atoms with van der Waals surface area (Å²) in [5.41, 5.74) is 0. The van der Waals surface area contributed by atoms with Crippen molar-refractivity contribution in [2.24, 2.45) is 7.05 Å². The fourth-order valence-electron chi connectivity index (χ4n) is 1.00. The van der Waals surface area contributed by atoms with Gasteiger partial charge in [0, 0.05) is 11.6 Å². The van der Waals surface area contributed by atoms with Crippen molar-refractivity contribution in [3.8, 4) is 0 Å². The van der Waals surface area contributed by atoms with Crippen LogP contribution in [0.15, 0.2) is 12.4 Å². The highest BCUT2D eigenvalue weighted by molar-refractivity contribution is 6.27. The maximum Gasteiger partial charge on any atom is 0.354 e. The highest BCUT2D eigenvalue weighted by Crippen LogP contribution is 2.03. The number of nitrogens with zero attached hydrogens (tertiary/aromatic N) is 2. The number of unbranched alkanes of at least 4 members (excludes halogenated alkanes) is 1. The minimum Gasteiger partial charge on any atom is -1.00 e. The van der Waals surface area contributed by atoms with Gasteiger partial charge in [0.2, 0.25) is 0 Å². The lowest BCUT2D eigenvalue weighted by Crippen LogP contribution is -3.00. The van der Waals surface area contributed by atoms with Crippen molar-refractivity contribution in [2.45, 2.75) is 26.3 Å². The van der Waals surface area contributed by atoms with Crippen molar-refractivity contribution >= 4 is 11.6 Å². The number of halogens is 2. The van der Waals surface area contributed by atoms with Gasteiger partial charge in [-0.1, -0.05) is 13.3 Å². The van der Waals surface area contributed by atoms with Gasteiger partial charge in [-0.15, -0.1) is 0 Å². The Morgan fingerprint density at radius 1 is 1.58 bits per heavy atom. The first-order valence-corrected chi connectivity index (χ1v) is 4.33. The van der Waals surface area contributed by atoms with Crippen molar-refractivity contribution < 1.29 is 17.0 Å². The minimum absolute atomic E-state index is 0. The zero-order valence-corrected chi connectivity index (χ0v) is 8.94. The molecular formula is C8H14Cl2N2. The third kappa shape index (κ3) is 2.68. The highest BCUT2D eigenvalue weighted by atomic mass is 35.5. The van der Waals surface area contributed by atoms with E-state index in [0.717, 1.165) is 11.8 Å².